The van der Waals surface area contributed by atoms with Crippen LogP contribution in [0, 0.1) is 13.8 Å². The van der Waals surface area contributed by atoms with Gasteiger partial charge < -0.3 is 5.32 Å². The van der Waals surface area contributed by atoms with E-state index < -0.39 is 10.0 Å². The molecule has 0 fully saturated rings. The third kappa shape index (κ3) is 5.00. The molecule has 0 saturated heterocycles. The lowest BCUT2D eigenvalue weighted by atomic mass is 9.92. The lowest BCUT2D eigenvalue weighted by molar-refractivity contribution is -0.116. The Labute approximate surface area is 167 Å². The van der Waals surface area contributed by atoms with Crippen LogP contribution in [-0.4, -0.2) is 20.9 Å². The summed E-state index contributed by atoms with van der Waals surface area (Å²) < 4.78 is 27.7. The first-order chi connectivity index (χ1) is 13.4. The van der Waals surface area contributed by atoms with Gasteiger partial charge in [-0.1, -0.05) is 18.2 Å². The smallest absolute Gasteiger partial charge is 0.240 e. The monoisotopic (exact) mass is 400 g/mol. The molecule has 2 aromatic carbocycles. The molecule has 150 valence electrons. The number of benzene rings is 2. The minimum absolute atomic E-state index is 0.110. The molecule has 0 spiro atoms. The summed E-state index contributed by atoms with van der Waals surface area (Å²) in [5, 5.41) is 2.90. The van der Waals surface area contributed by atoms with Crippen LogP contribution in [-0.2, 0) is 27.7 Å². The third-order valence-corrected chi connectivity index (χ3v) is 6.84. The quantitative estimate of drug-likeness (QED) is 0.693. The Morgan fingerprint density at radius 2 is 1.79 bits per heavy atom. The minimum atomic E-state index is -3.54. The van der Waals surface area contributed by atoms with Crippen molar-refractivity contribution in [1.82, 2.24) is 4.72 Å². The Kier molecular flexibility index (Phi) is 6.52. The van der Waals surface area contributed by atoms with Crippen LogP contribution < -0.4 is 10.0 Å². The predicted octanol–water partition coefficient (Wildman–Crippen LogP) is 3.88. The molecule has 0 unspecified atom stereocenters. The fourth-order valence-electron chi connectivity index (χ4n) is 3.51. The van der Waals surface area contributed by atoms with Crippen LogP contribution in [0.1, 0.15) is 47.9 Å². The summed E-state index contributed by atoms with van der Waals surface area (Å²) in [5.41, 5.74) is 5.37. The van der Waals surface area contributed by atoms with Gasteiger partial charge in [0.15, 0.2) is 0 Å². The zero-order valence-electron chi connectivity index (χ0n) is 16.5. The van der Waals surface area contributed by atoms with Crippen LogP contribution in [0.3, 0.4) is 0 Å². The standard InChI is InChI=1S/C22H28N2O3S/c1-16-7-5-10-21(17(16)2)24-22(25)11-6-14-23-28(26,27)20-13-12-18-8-3-4-9-19(18)15-20/h5,7,10,12-13,15,23H,3-4,6,8-9,11,14H2,1-2H3,(H,24,25). The second-order valence-corrected chi connectivity index (χ2v) is 9.20. The molecule has 1 aliphatic rings. The van der Waals surface area contributed by atoms with E-state index in [1.54, 1.807) is 12.1 Å². The van der Waals surface area contributed by atoms with Gasteiger partial charge in [0.1, 0.15) is 0 Å². The number of fused-ring (bicyclic) bond motifs is 1. The van der Waals surface area contributed by atoms with Crippen molar-refractivity contribution in [1.29, 1.82) is 0 Å². The Hall–Kier alpha value is -2.18. The van der Waals surface area contributed by atoms with E-state index in [4.69, 9.17) is 0 Å². The summed E-state index contributed by atoms with van der Waals surface area (Å²) in [6, 6.07) is 11.2. The first-order valence-corrected chi connectivity index (χ1v) is 11.3. The van der Waals surface area contributed by atoms with E-state index in [1.165, 1.54) is 12.0 Å². The molecule has 1 amide bonds. The highest BCUT2D eigenvalue weighted by Gasteiger charge is 2.17. The van der Waals surface area contributed by atoms with Crippen molar-refractivity contribution in [3.8, 4) is 0 Å². The van der Waals surface area contributed by atoms with E-state index in [2.05, 4.69) is 10.0 Å². The fraction of sp³-hybridized carbons (Fsp3) is 0.409. The number of amides is 1. The molecule has 0 bridgehead atoms. The Morgan fingerprint density at radius 1 is 1.04 bits per heavy atom. The molecule has 1 aliphatic carbocycles. The van der Waals surface area contributed by atoms with E-state index >= 15 is 0 Å². The van der Waals surface area contributed by atoms with E-state index in [-0.39, 0.29) is 18.9 Å². The highest BCUT2D eigenvalue weighted by atomic mass is 32.2. The van der Waals surface area contributed by atoms with Gasteiger partial charge in [-0.15, -0.1) is 0 Å². The number of hydrogen-bond donors (Lipinski definition) is 2. The van der Waals surface area contributed by atoms with Crippen LogP contribution >= 0.6 is 0 Å². The molecule has 2 aromatic rings. The van der Waals surface area contributed by atoms with Crippen LogP contribution in [0.15, 0.2) is 41.3 Å². The zero-order valence-corrected chi connectivity index (χ0v) is 17.4. The molecule has 0 aromatic heterocycles. The second kappa shape index (κ2) is 8.88. The maximum atomic E-state index is 12.5. The maximum Gasteiger partial charge on any atom is 0.240 e. The topological polar surface area (TPSA) is 75.3 Å². The molecule has 0 atom stereocenters. The van der Waals surface area contributed by atoms with Crippen LogP contribution in [0.4, 0.5) is 5.69 Å². The molecule has 0 aliphatic heterocycles. The Morgan fingerprint density at radius 3 is 2.57 bits per heavy atom. The number of hydrogen-bond acceptors (Lipinski definition) is 3. The summed E-state index contributed by atoms with van der Waals surface area (Å²) in [7, 11) is -3.54. The van der Waals surface area contributed by atoms with Gasteiger partial charge in [-0.3, -0.25) is 4.79 Å². The van der Waals surface area contributed by atoms with Gasteiger partial charge >= 0.3 is 0 Å². The van der Waals surface area contributed by atoms with Crippen molar-refractivity contribution in [3.05, 3.63) is 58.7 Å². The first-order valence-electron chi connectivity index (χ1n) is 9.84. The fourth-order valence-corrected chi connectivity index (χ4v) is 4.64. The lowest BCUT2D eigenvalue weighted by Crippen LogP contribution is -2.26. The SMILES string of the molecule is Cc1cccc(NC(=O)CCCNS(=O)(=O)c2ccc3c(c2)CCCC3)c1C. The molecule has 28 heavy (non-hydrogen) atoms. The van der Waals surface area contributed by atoms with Crippen molar-refractivity contribution >= 4 is 21.6 Å². The van der Waals surface area contributed by atoms with Gasteiger partial charge in [0.25, 0.3) is 0 Å². The van der Waals surface area contributed by atoms with Crippen LogP contribution in [0.25, 0.3) is 0 Å². The van der Waals surface area contributed by atoms with Crippen molar-refractivity contribution in [2.45, 2.75) is 57.3 Å². The normalized spacial score (nSPS) is 13.8. The molecule has 0 heterocycles. The van der Waals surface area contributed by atoms with Crippen molar-refractivity contribution in [3.63, 3.8) is 0 Å². The zero-order chi connectivity index (χ0) is 20.1. The van der Waals surface area contributed by atoms with E-state index in [0.29, 0.717) is 11.3 Å². The second-order valence-electron chi connectivity index (χ2n) is 7.43. The lowest BCUT2D eigenvalue weighted by Gasteiger charge is -2.16. The minimum Gasteiger partial charge on any atom is -0.326 e. The molecule has 6 heteroatoms. The molecule has 3 rings (SSSR count). The number of rotatable bonds is 7. The van der Waals surface area contributed by atoms with Crippen molar-refractivity contribution in [2.75, 3.05) is 11.9 Å². The van der Waals surface area contributed by atoms with Crippen LogP contribution in [0.5, 0.6) is 0 Å². The molecule has 2 N–H and O–H groups in total. The molecule has 5 nitrogen and oxygen atoms in total. The van der Waals surface area contributed by atoms with Crippen molar-refractivity contribution in [2.24, 2.45) is 0 Å². The number of aryl methyl sites for hydroxylation is 3. The molecule has 0 saturated carbocycles. The van der Waals surface area contributed by atoms with Gasteiger partial charge in [-0.2, -0.15) is 0 Å². The first kappa shape index (κ1) is 20.6. The van der Waals surface area contributed by atoms with E-state index in [9.17, 15) is 13.2 Å². The average molecular weight is 401 g/mol. The van der Waals surface area contributed by atoms with Gasteiger partial charge in [-0.25, -0.2) is 13.1 Å². The number of nitrogens with one attached hydrogen (secondary N) is 2. The Balaban J connectivity index is 1.50. The average Bonchev–Trinajstić information content (AvgIpc) is 2.68. The summed E-state index contributed by atoms with van der Waals surface area (Å²) in [5.74, 6) is -0.110. The van der Waals surface area contributed by atoms with Crippen LogP contribution in [0.2, 0.25) is 0 Å². The Bertz CT molecular complexity index is 968. The number of carbonyl (C=O) groups is 1. The number of carbonyl (C=O) groups excluding carboxylic acids is 1. The van der Waals surface area contributed by atoms with E-state index in [1.807, 2.05) is 38.1 Å². The molecular formula is C22H28N2O3S. The number of anilines is 1. The summed E-state index contributed by atoms with van der Waals surface area (Å²) in [6.07, 6.45) is 4.96. The molecular weight excluding hydrogens is 372 g/mol. The number of sulfonamides is 1. The molecule has 0 radical (unpaired) electrons. The summed E-state index contributed by atoms with van der Waals surface area (Å²) in [6.45, 7) is 4.21. The van der Waals surface area contributed by atoms with Gasteiger partial charge in [0, 0.05) is 18.7 Å². The van der Waals surface area contributed by atoms with Crippen molar-refractivity contribution < 1.29 is 13.2 Å². The maximum absolute atomic E-state index is 12.5. The largest absolute Gasteiger partial charge is 0.326 e. The highest BCUT2D eigenvalue weighted by molar-refractivity contribution is 7.89. The van der Waals surface area contributed by atoms with Gasteiger partial charge in [-0.05, 0) is 86.4 Å². The van der Waals surface area contributed by atoms with Gasteiger partial charge in [0.05, 0.1) is 4.90 Å². The summed E-state index contributed by atoms with van der Waals surface area (Å²) >= 11 is 0. The summed E-state index contributed by atoms with van der Waals surface area (Å²) in [4.78, 5) is 12.5. The van der Waals surface area contributed by atoms with Gasteiger partial charge in [0.2, 0.25) is 15.9 Å². The highest BCUT2D eigenvalue weighted by Crippen LogP contribution is 2.24. The van der Waals surface area contributed by atoms with E-state index in [0.717, 1.165) is 41.6 Å². The predicted molar refractivity (Wildman–Crippen MR) is 112 cm³/mol. The third-order valence-electron chi connectivity index (χ3n) is 5.38.